The van der Waals surface area contributed by atoms with Crippen LogP contribution in [0.5, 0.6) is 0 Å². The maximum absolute atomic E-state index is 13.8. The van der Waals surface area contributed by atoms with E-state index in [1.807, 2.05) is 0 Å². The number of imide groups is 1. The third-order valence-electron chi connectivity index (χ3n) is 7.03. The predicted octanol–water partition coefficient (Wildman–Crippen LogP) is 3.09. The van der Waals surface area contributed by atoms with E-state index in [0.29, 0.717) is 26.9 Å². The maximum Gasteiger partial charge on any atom is 0.303 e. The lowest BCUT2D eigenvalue weighted by Gasteiger charge is -2.29. The molecule has 3 N–H and O–H groups in total. The summed E-state index contributed by atoms with van der Waals surface area (Å²) in [4.78, 5) is 53.3. The van der Waals surface area contributed by atoms with Crippen molar-refractivity contribution in [3.05, 3.63) is 63.1 Å². The average molecular weight is 502 g/mol. The van der Waals surface area contributed by atoms with Gasteiger partial charge in [-0.25, -0.2) is 0 Å². The smallest absolute Gasteiger partial charge is 0.303 e. The minimum absolute atomic E-state index is 0.0326. The number of fused-ring (bicyclic) bond motifs is 4. The third-order valence-corrected chi connectivity index (χ3v) is 7.62. The number of hydrogen-bond donors (Lipinski definition) is 3. The molecule has 3 heterocycles. The predicted molar refractivity (Wildman–Crippen MR) is 124 cm³/mol. The highest BCUT2D eigenvalue weighted by molar-refractivity contribution is 6.31. The first kappa shape index (κ1) is 22.8. The fourth-order valence-corrected chi connectivity index (χ4v) is 6.04. The molecule has 3 aliphatic heterocycles. The van der Waals surface area contributed by atoms with E-state index >= 15 is 0 Å². The molecule has 8 nitrogen and oxygen atoms in total. The highest BCUT2D eigenvalue weighted by Crippen LogP contribution is 2.54. The summed E-state index contributed by atoms with van der Waals surface area (Å²) in [6.45, 7) is 1.76. The van der Waals surface area contributed by atoms with E-state index in [-0.39, 0.29) is 19.4 Å². The quantitative estimate of drug-likeness (QED) is 0.542. The van der Waals surface area contributed by atoms with Gasteiger partial charge in [0, 0.05) is 33.8 Å². The van der Waals surface area contributed by atoms with Gasteiger partial charge in [-0.1, -0.05) is 41.4 Å². The SMILES string of the molecule is Cc1cc(Cl)cc2c1NC(=O)C21NC(CCC(=O)O)[C@H]2C(=O)N(Cc3ccccc3Cl)C(=O)[C@H]21. The zero-order valence-corrected chi connectivity index (χ0v) is 19.6. The summed E-state index contributed by atoms with van der Waals surface area (Å²) in [5.41, 5.74) is 0.844. The summed E-state index contributed by atoms with van der Waals surface area (Å²) < 4.78 is 0. The van der Waals surface area contributed by atoms with Crippen LogP contribution in [-0.4, -0.2) is 39.7 Å². The number of nitrogens with zero attached hydrogens (tertiary/aromatic N) is 1. The highest BCUT2D eigenvalue weighted by Gasteiger charge is 2.70. The first-order chi connectivity index (χ1) is 16.1. The molecule has 4 atom stereocenters. The second kappa shape index (κ2) is 8.08. The Kier molecular flexibility index (Phi) is 5.42. The van der Waals surface area contributed by atoms with Crippen LogP contribution in [0.1, 0.15) is 29.5 Å². The third kappa shape index (κ3) is 3.24. The van der Waals surface area contributed by atoms with Crippen LogP contribution >= 0.6 is 23.2 Å². The fraction of sp³-hybridized carbons (Fsp3) is 0.333. The van der Waals surface area contributed by atoms with Crippen LogP contribution in [-0.2, 0) is 31.3 Å². The number of carbonyl (C=O) groups excluding carboxylic acids is 3. The van der Waals surface area contributed by atoms with Gasteiger partial charge in [0.1, 0.15) is 5.54 Å². The van der Waals surface area contributed by atoms with Gasteiger partial charge in [-0.15, -0.1) is 0 Å². The lowest BCUT2D eigenvalue weighted by Crippen LogP contribution is -2.53. The molecule has 0 radical (unpaired) electrons. The minimum Gasteiger partial charge on any atom is -0.481 e. The normalized spacial score (nSPS) is 27.3. The molecule has 2 aromatic carbocycles. The Labute approximate surface area is 205 Å². The van der Waals surface area contributed by atoms with E-state index in [1.165, 1.54) is 0 Å². The van der Waals surface area contributed by atoms with Gasteiger partial charge in [0.15, 0.2) is 0 Å². The summed E-state index contributed by atoms with van der Waals surface area (Å²) in [7, 11) is 0. The molecule has 10 heteroatoms. The van der Waals surface area contributed by atoms with Crippen molar-refractivity contribution in [1.82, 2.24) is 10.2 Å². The lowest BCUT2D eigenvalue weighted by atomic mass is 9.76. The molecule has 0 aliphatic carbocycles. The fourth-order valence-electron chi connectivity index (χ4n) is 5.57. The number of amides is 3. The van der Waals surface area contributed by atoms with Gasteiger partial charge in [0.2, 0.25) is 17.7 Å². The number of halogens is 2. The maximum atomic E-state index is 13.8. The first-order valence-corrected chi connectivity index (χ1v) is 11.6. The molecule has 2 fully saturated rings. The van der Waals surface area contributed by atoms with E-state index < -0.39 is 47.1 Å². The van der Waals surface area contributed by atoms with Crippen molar-refractivity contribution in [2.45, 2.75) is 37.9 Å². The van der Waals surface area contributed by atoms with Crippen molar-refractivity contribution in [2.24, 2.45) is 11.8 Å². The summed E-state index contributed by atoms with van der Waals surface area (Å²) in [5, 5.41) is 16.1. The molecular formula is C24H21Cl2N3O5. The molecule has 1 spiro atoms. The van der Waals surface area contributed by atoms with Gasteiger partial charge in [-0.2, -0.15) is 0 Å². The summed E-state index contributed by atoms with van der Waals surface area (Å²) in [6.07, 6.45) is -0.134. The summed E-state index contributed by atoms with van der Waals surface area (Å²) in [6, 6.07) is 9.56. The standard InChI is InChI=1S/C24H21Cl2N3O5/c1-11-8-13(25)9-14-20(11)27-23(34)24(14)19-18(16(28-24)6-7-17(30)31)21(32)29(22(19)33)10-12-4-2-3-5-15(12)26/h2-5,8-9,16,18-19,28H,6-7,10H2,1H3,(H,27,34)(H,30,31)/t16?,18-,19+,24?/m1/s1. The molecule has 0 bridgehead atoms. The zero-order chi connectivity index (χ0) is 24.4. The topological polar surface area (TPSA) is 116 Å². The number of carboxylic acids is 1. The van der Waals surface area contributed by atoms with Crippen LogP contribution in [0.4, 0.5) is 5.69 Å². The van der Waals surface area contributed by atoms with Gasteiger partial charge < -0.3 is 10.4 Å². The van der Waals surface area contributed by atoms with Crippen molar-refractivity contribution < 1.29 is 24.3 Å². The Bertz CT molecular complexity index is 1270. The number of aryl methyl sites for hydroxylation is 1. The molecule has 2 aromatic rings. The Morgan fingerprint density at radius 1 is 1.15 bits per heavy atom. The first-order valence-electron chi connectivity index (χ1n) is 10.9. The second-order valence-electron chi connectivity index (χ2n) is 8.95. The lowest BCUT2D eigenvalue weighted by molar-refractivity contribution is -0.144. The Balaban J connectivity index is 1.62. The van der Waals surface area contributed by atoms with Crippen molar-refractivity contribution in [3.8, 4) is 0 Å². The molecule has 5 rings (SSSR count). The molecule has 2 saturated heterocycles. The molecule has 3 aliphatic rings. The van der Waals surface area contributed by atoms with Crippen molar-refractivity contribution in [3.63, 3.8) is 0 Å². The Morgan fingerprint density at radius 2 is 1.88 bits per heavy atom. The highest BCUT2D eigenvalue weighted by atomic mass is 35.5. The summed E-state index contributed by atoms with van der Waals surface area (Å²) in [5.74, 6) is -4.37. The van der Waals surface area contributed by atoms with Crippen LogP contribution < -0.4 is 10.6 Å². The van der Waals surface area contributed by atoms with Crippen LogP contribution in [0.15, 0.2) is 36.4 Å². The minimum atomic E-state index is -1.53. The van der Waals surface area contributed by atoms with Crippen LogP contribution in [0.25, 0.3) is 0 Å². The number of benzene rings is 2. The van der Waals surface area contributed by atoms with Crippen molar-refractivity contribution in [2.75, 3.05) is 5.32 Å². The number of rotatable bonds is 5. The number of likely N-dealkylation sites (tertiary alicyclic amines) is 1. The molecule has 2 unspecified atom stereocenters. The van der Waals surface area contributed by atoms with E-state index in [0.717, 1.165) is 10.5 Å². The van der Waals surface area contributed by atoms with Crippen LogP contribution in [0, 0.1) is 18.8 Å². The van der Waals surface area contributed by atoms with E-state index in [9.17, 15) is 24.3 Å². The number of aliphatic carboxylic acids is 1. The number of carbonyl (C=O) groups is 4. The van der Waals surface area contributed by atoms with E-state index in [4.69, 9.17) is 23.2 Å². The number of anilines is 1. The Hall–Kier alpha value is -2.94. The van der Waals surface area contributed by atoms with Crippen LogP contribution in [0.3, 0.4) is 0 Å². The second-order valence-corrected chi connectivity index (χ2v) is 9.79. The van der Waals surface area contributed by atoms with E-state index in [2.05, 4.69) is 10.6 Å². The molecule has 0 saturated carbocycles. The molecule has 0 aromatic heterocycles. The van der Waals surface area contributed by atoms with Gasteiger partial charge in [-0.05, 0) is 42.7 Å². The summed E-state index contributed by atoms with van der Waals surface area (Å²) >= 11 is 12.6. The van der Waals surface area contributed by atoms with Gasteiger partial charge in [0.05, 0.1) is 18.4 Å². The molecule has 3 amide bonds. The van der Waals surface area contributed by atoms with Gasteiger partial charge >= 0.3 is 5.97 Å². The zero-order valence-electron chi connectivity index (χ0n) is 18.1. The van der Waals surface area contributed by atoms with E-state index in [1.54, 1.807) is 43.3 Å². The van der Waals surface area contributed by atoms with Crippen LogP contribution in [0.2, 0.25) is 10.0 Å². The number of hydrogen-bond acceptors (Lipinski definition) is 5. The molecule has 34 heavy (non-hydrogen) atoms. The molecule has 176 valence electrons. The largest absolute Gasteiger partial charge is 0.481 e. The van der Waals surface area contributed by atoms with Gasteiger partial charge in [-0.3, -0.25) is 29.4 Å². The van der Waals surface area contributed by atoms with Gasteiger partial charge in [0.25, 0.3) is 0 Å². The van der Waals surface area contributed by atoms with Crippen molar-refractivity contribution in [1.29, 1.82) is 0 Å². The molecular weight excluding hydrogens is 481 g/mol. The number of carboxylic acid groups (broad SMARTS) is 1. The number of nitrogens with one attached hydrogen (secondary N) is 2. The average Bonchev–Trinajstić information content (AvgIpc) is 3.35. The Morgan fingerprint density at radius 3 is 2.59 bits per heavy atom. The monoisotopic (exact) mass is 501 g/mol. The van der Waals surface area contributed by atoms with Crippen molar-refractivity contribution >= 4 is 52.6 Å².